The summed E-state index contributed by atoms with van der Waals surface area (Å²) in [4.78, 5) is 25.3. The van der Waals surface area contributed by atoms with Crippen LogP contribution in [0.15, 0.2) is 4.47 Å². The maximum Gasteiger partial charge on any atom is 0.225 e. The summed E-state index contributed by atoms with van der Waals surface area (Å²) < 4.78 is 7.20. The molecule has 0 radical (unpaired) electrons. The first kappa shape index (κ1) is 21.2. The summed E-state index contributed by atoms with van der Waals surface area (Å²) in [6.07, 6.45) is 0. The lowest BCUT2D eigenvalue weighted by Crippen LogP contribution is -2.46. The molecule has 1 aliphatic heterocycles. The van der Waals surface area contributed by atoms with E-state index in [0.29, 0.717) is 13.2 Å². The second kappa shape index (κ2) is 7.37. The van der Waals surface area contributed by atoms with Gasteiger partial charge < -0.3 is 9.64 Å². The highest BCUT2D eigenvalue weighted by Crippen LogP contribution is 2.45. The lowest BCUT2D eigenvalue weighted by Gasteiger charge is -2.34. The van der Waals surface area contributed by atoms with Crippen LogP contribution in [-0.4, -0.2) is 49.2 Å². The molecule has 0 aliphatic carbocycles. The topological polar surface area (TPSA) is 55.3 Å². The first-order valence-corrected chi connectivity index (χ1v) is 14.0. The molecule has 5 nitrogen and oxygen atoms in total. The van der Waals surface area contributed by atoms with Gasteiger partial charge in [0.25, 0.3) is 0 Å². The Morgan fingerprint density at radius 2 is 2.04 bits per heavy atom. The zero-order valence-electron chi connectivity index (χ0n) is 16.5. The van der Waals surface area contributed by atoms with Crippen molar-refractivity contribution in [3.05, 3.63) is 14.6 Å². The van der Waals surface area contributed by atoms with Crippen molar-refractivity contribution in [2.45, 2.75) is 51.9 Å². The molecule has 0 spiro atoms. The van der Waals surface area contributed by atoms with Gasteiger partial charge in [-0.25, -0.2) is 4.98 Å². The average molecular weight is 491 g/mol. The maximum atomic E-state index is 13.5. The van der Waals surface area contributed by atoms with Gasteiger partial charge in [-0.1, -0.05) is 33.9 Å². The molecular weight excluding hydrogens is 466 g/mol. The number of ether oxygens (including phenoxy) is 1. The number of thiophene rings is 1. The van der Waals surface area contributed by atoms with E-state index in [1.54, 1.807) is 0 Å². The van der Waals surface area contributed by atoms with E-state index in [9.17, 15) is 4.79 Å². The number of rotatable bonds is 3. The third kappa shape index (κ3) is 3.71. The second-order valence-electron chi connectivity index (χ2n) is 8.56. The van der Waals surface area contributed by atoms with Crippen LogP contribution < -0.4 is 4.90 Å². The van der Waals surface area contributed by atoms with E-state index in [1.807, 2.05) is 0 Å². The van der Waals surface area contributed by atoms with E-state index in [4.69, 9.17) is 16.3 Å². The number of aromatic nitrogens is 2. The van der Waals surface area contributed by atoms with Gasteiger partial charge in [0.1, 0.15) is 13.6 Å². The predicted molar refractivity (Wildman–Crippen MR) is 119 cm³/mol. The Hall–Kier alpha value is -0.543. The largest absolute Gasteiger partial charge is 0.377 e. The van der Waals surface area contributed by atoms with Gasteiger partial charge in [-0.15, -0.1) is 11.3 Å². The molecule has 9 heteroatoms. The molecule has 27 heavy (non-hydrogen) atoms. The molecule has 3 heterocycles. The van der Waals surface area contributed by atoms with E-state index < -0.39 is 8.07 Å². The molecule has 0 saturated carbocycles. The number of carbonyl (C=O) groups is 1. The van der Waals surface area contributed by atoms with Crippen molar-refractivity contribution >= 4 is 68.4 Å². The van der Waals surface area contributed by atoms with Crippen LogP contribution in [-0.2, 0) is 4.74 Å². The van der Waals surface area contributed by atoms with Crippen LogP contribution >= 0.6 is 38.9 Å². The zero-order valence-corrected chi connectivity index (χ0v) is 20.7. The molecule has 3 rings (SSSR count). The maximum absolute atomic E-state index is 13.5. The van der Waals surface area contributed by atoms with E-state index in [0.717, 1.165) is 31.9 Å². The molecule has 1 unspecified atom stereocenters. The summed E-state index contributed by atoms with van der Waals surface area (Å²) >= 11 is 11.4. The molecular formula is C18H25BrClN3O2SSi. The molecule has 0 amide bonds. The molecule has 1 aliphatic rings. The lowest BCUT2D eigenvalue weighted by molar-refractivity contribution is 0.0987. The van der Waals surface area contributed by atoms with Gasteiger partial charge in [0.2, 0.25) is 5.28 Å². The second-order valence-corrected chi connectivity index (χ2v) is 15.9. The van der Waals surface area contributed by atoms with Gasteiger partial charge in [0, 0.05) is 6.54 Å². The van der Waals surface area contributed by atoms with Crippen LogP contribution in [0.1, 0.15) is 37.4 Å². The molecule has 148 valence electrons. The molecule has 0 N–H and O–H groups in total. The molecule has 1 atom stereocenters. The number of nitrogens with zero attached hydrogens (tertiary/aromatic N) is 3. The van der Waals surface area contributed by atoms with Gasteiger partial charge in [0.15, 0.2) is 11.2 Å². The van der Waals surface area contributed by atoms with Gasteiger partial charge >= 0.3 is 0 Å². The van der Waals surface area contributed by atoms with E-state index >= 15 is 0 Å². The van der Waals surface area contributed by atoms with Crippen molar-refractivity contribution < 1.29 is 9.53 Å². The molecule has 0 bridgehead atoms. The summed E-state index contributed by atoms with van der Waals surface area (Å²) in [5, 5.41) is 0.396. The van der Waals surface area contributed by atoms with E-state index in [2.05, 4.69) is 71.6 Å². The Bertz CT molecular complexity index is 897. The number of fused-ring (bicyclic) bond motifs is 1. The molecule has 1 fully saturated rings. The Morgan fingerprint density at radius 3 is 2.63 bits per heavy atom. The highest BCUT2D eigenvalue weighted by molar-refractivity contribution is 9.10. The minimum Gasteiger partial charge on any atom is -0.377 e. The van der Waals surface area contributed by atoms with Crippen molar-refractivity contribution in [1.29, 1.82) is 0 Å². The first-order chi connectivity index (χ1) is 12.4. The standard InChI is InChI=1S/C18H25BrClN3O2SSi/c1-10-9-25-8-7-23(10)15-14-12(21-17(20)22-15)11(19)13(26-14)16(24)27(5,6)18(2,3)4/h10H,7-9H2,1-6H3. The fourth-order valence-electron chi connectivity index (χ4n) is 2.92. The Balaban J connectivity index is 2.17. The van der Waals surface area contributed by atoms with Crippen LogP contribution in [0.5, 0.6) is 0 Å². The van der Waals surface area contributed by atoms with Gasteiger partial charge in [0.05, 0.1) is 33.3 Å². The van der Waals surface area contributed by atoms with E-state index in [1.165, 1.54) is 11.3 Å². The number of hydrogen-bond acceptors (Lipinski definition) is 6. The molecule has 0 aromatic carbocycles. The van der Waals surface area contributed by atoms with Gasteiger partial charge in [-0.2, -0.15) is 4.98 Å². The fourth-order valence-corrected chi connectivity index (χ4v) is 7.38. The third-order valence-corrected chi connectivity index (χ3v) is 13.4. The highest BCUT2D eigenvalue weighted by atomic mass is 79.9. The highest BCUT2D eigenvalue weighted by Gasteiger charge is 2.44. The van der Waals surface area contributed by atoms with Crippen LogP contribution in [0.25, 0.3) is 10.2 Å². The third-order valence-electron chi connectivity index (χ3n) is 5.72. The SMILES string of the molecule is CC1COCCN1c1nc(Cl)nc2c(Br)c(C(=O)[Si](C)(C)C(C)(C)C)sc12. The van der Waals surface area contributed by atoms with Crippen molar-refractivity contribution in [2.24, 2.45) is 0 Å². The summed E-state index contributed by atoms with van der Waals surface area (Å²) in [7, 11) is -2.20. The number of hydrogen-bond donors (Lipinski definition) is 0. The number of morpholine rings is 1. The Kier molecular flexibility index (Phi) is 5.78. The Morgan fingerprint density at radius 1 is 1.37 bits per heavy atom. The number of anilines is 1. The smallest absolute Gasteiger partial charge is 0.225 e. The van der Waals surface area contributed by atoms with Crippen LogP contribution in [0.3, 0.4) is 0 Å². The van der Waals surface area contributed by atoms with Crippen molar-refractivity contribution in [3.8, 4) is 0 Å². The van der Waals surface area contributed by atoms with Crippen molar-refractivity contribution in [3.63, 3.8) is 0 Å². The lowest BCUT2D eigenvalue weighted by atomic mass is 10.2. The normalized spacial score (nSPS) is 19.0. The zero-order chi connectivity index (χ0) is 20.1. The van der Waals surface area contributed by atoms with Crippen LogP contribution in [0.2, 0.25) is 23.4 Å². The molecule has 2 aromatic heterocycles. The summed E-state index contributed by atoms with van der Waals surface area (Å²) in [5.41, 5.74) is 0.718. The minimum absolute atomic E-state index is 0.0371. The summed E-state index contributed by atoms with van der Waals surface area (Å²) in [6.45, 7) is 14.9. The van der Waals surface area contributed by atoms with Crippen molar-refractivity contribution in [2.75, 3.05) is 24.7 Å². The number of carbonyl (C=O) groups excluding carboxylic acids is 1. The monoisotopic (exact) mass is 489 g/mol. The predicted octanol–water partition coefficient (Wildman–Crippen LogP) is 5.56. The summed E-state index contributed by atoms with van der Waals surface area (Å²) in [5.74, 6) is 0.792. The van der Waals surface area contributed by atoms with Gasteiger partial charge in [-0.3, -0.25) is 4.79 Å². The quantitative estimate of drug-likeness (QED) is 0.416. The summed E-state index contributed by atoms with van der Waals surface area (Å²) in [6, 6.07) is 0.188. The fraction of sp³-hybridized carbons (Fsp3) is 0.611. The first-order valence-electron chi connectivity index (χ1n) is 9.00. The minimum atomic E-state index is -2.20. The van der Waals surface area contributed by atoms with Crippen LogP contribution in [0, 0.1) is 0 Å². The van der Waals surface area contributed by atoms with Gasteiger partial charge in [-0.05, 0) is 39.5 Å². The van der Waals surface area contributed by atoms with E-state index in [-0.39, 0.29) is 21.8 Å². The average Bonchev–Trinajstić information content (AvgIpc) is 2.90. The van der Waals surface area contributed by atoms with Crippen molar-refractivity contribution in [1.82, 2.24) is 9.97 Å². The molecule has 2 aromatic rings. The van der Waals surface area contributed by atoms with Crippen LogP contribution in [0.4, 0.5) is 5.82 Å². The molecule has 1 saturated heterocycles. The number of halogens is 2. The Labute approximate surface area is 178 Å².